The minimum Gasteiger partial charge on any atom is -0.383 e. The smallest absolute Gasteiger partial charge is 0.251 e. The second-order valence-electron chi connectivity index (χ2n) is 3.63. The number of halogens is 2. The summed E-state index contributed by atoms with van der Waals surface area (Å²) in [5.74, 6) is -0.726. The van der Waals surface area contributed by atoms with Crippen LogP contribution in [0.1, 0.15) is 10.4 Å². The largest absolute Gasteiger partial charge is 0.383 e. The fraction of sp³-hybridized carbons (Fsp3) is 0.417. The number of benzene rings is 1. The highest BCUT2D eigenvalue weighted by atomic mass is 79.9. The highest BCUT2D eigenvalue weighted by molar-refractivity contribution is 9.10. The van der Waals surface area contributed by atoms with Crippen LogP contribution in [0.4, 0.5) is 4.39 Å². The van der Waals surface area contributed by atoms with Crippen LogP contribution in [0.5, 0.6) is 0 Å². The van der Waals surface area contributed by atoms with E-state index in [-0.39, 0.29) is 5.91 Å². The molecule has 1 aromatic rings. The summed E-state index contributed by atoms with van der Waals surface area (Å²) in [6, 6.07) is 4.29. The molecule has 0 atom stereocenters. The van der Waals surface area contributed by atoms with E-state index in [0.29, 0.717) is 29.7 Å². The molecule has 0 heterocycles. The van der Waals surface area contributed by atoms with Gasteiger partial charge in [0.1, 0.15) is 5.82 Å². The maximum absolute atomic E-state index is 13.2. The molecule has 0 saturated heterocycles. The molecule has 0 spiro atoms. The summed E-state index contributed by atoms with van der Waals surface area (Å²) < 4.78 is 18.4. The van der Waals surface area contributed by atoms with Crippen LogP contribution < -0.4 is 10.6 Å². The summed E-state index contributed by atoms with van der Waals surface area (Å²) in [7, 11) is 1.63. The van der Waals surface area contributed by atoms with E-state index in [1.807, 2.05) is 0 Å². The normalized spacial score (nSPS) is 10.4. The van der Waals surface area contributed by atoms with Crippen molar-refractivity contribution in [3.63, 3.8) is 0 Å². The predicted octanol–water partition coefficient (Wildman–Crippen LogP) is 1.55. The lowest BCUT2D eigenvalue weighted by Gasteiger charge is -2.07. The number of nitrogens with one attached hydrogen (secondary N) is 2. The Balaban J connectivity index is 2.30. The van der Waals surface area contributed by atoms with Crippen molar-refractivity contribution < 1.29 is 13.9 Å². The number of amides is 1. The Morgan fingerprint density at radius 3 is 2.83 bits per heavy atom. The van der Waals surface area contributed by atoms with Gasteiger partial charge in [0.15, 0.2) is 0 Å². The van der Waals surface area contributed by atoms with E-state index in [0.717, 1.165) is 6.54 Å². The van der Waals surface area contributed by atoms with Gasteiger partial charge in [-0.15, -0.1) is 0 Å². The van der Waals surface area contributed by atoms with Crippen molar-refractivity contribution in [1.82, 2.24) is 10.6 Å². The molecule has 6 heteroatoms. The van der Waals surface area contributed by atoms with Gasteiger partial charge >= 0.3 is 0 Å². The van der Waals surface area contributed by atoms with Crippen LogP contribution in [-0.2, 0) is 4.74 Å². The molecule has 0 aliphatic heterocycles. The third kappa shape index (κ3) is 5.12. The van der Waals surface area contributed by atoms with Gasteiger partial charge in [0.2, 0.25) is 0 Å². The molecule has 0 aromatic heterocycles. The summed E-state index contributed by atoms with van der Waals surface area (Å²) in [5, 5.41) is 5.79. The van der Waals surface area contributed by atoms with Crippen molar-refractivity contribution in [2.75, 3.05) is 33.4 Å². The molecule has 4 nitrogen and oxygen atoms in total. The van der Waals surface area contributed by atoms with Crippen LogP contribution in [-0.4, -0.2) is 39.3 Å². The van der Waals surface area contributed by atoms with E-state index in [1.54, 1.807) is 13.2 Å². The zero-order valence-electron chi connectivity index (χ0n) is 10.1. The van der Waals surface area contributed by atoms with E-state index < -0.39 is 5.82 Å². The minimum absolute atomic E-state index is 0.282. The minimum atomic E-state index is -0.444. The molecular formula is C12H16BrFN2O2. The molecule has 18 heavy (non-hydrogen) atoms. The first-order valence-electron chi connectivity index (χ1n) is 5.58. The fourth-order valence-electron chi connectivity index (χ4n) is 1.30. The Labute approximate surface area is 114 Å². The highest BCUT2D eigenvalue weighted by Gasteiger charge is 2.07. The molecule has 0 saturated carbocycles. The molecular weight excluding hydrogens is 303 g/mol. The van der Waals surface area contributed by atoms with E-state index >= 15 is 0 Å². The zero-order chi connectivity index (χ0) is 13.4. The Kier molecular flexibility index (Phi) is 6.85. The third-order valence-corrected chi connectivity index (χ3v) is 2.90. The molecule has 0 radical (unpaired) electrons. The number of hydrogen-bond donors (Lipinski definition) is 2. The maximum Gasteiger partial charge on any atom is 0.251 e. The number of hydrogen-bond acceptors (Lipinski definition) is 3. The number of carbonyl (C=O) groups is 1. The van der Waals surface area contributed by atoms with Crippen molar-refractivity contribution in [2.45, 2.75) is 0 Å². The summed E-state index contributed by atoms with van der Waals surface area (Å²) >= 11 is 3.04. The number of rotatable bonds is 7. The van der Waals surface area contributed by atoms with Crippen molar-refractivity contribution in [3.05, 3.63) is 34.1 Å². The van der Waals surface area contributed by atoms with Crippen molar-refractivity contribution in [1.29, 1.82) is 0 Å². The highest BCUT2D eigenvalue weighted by Crippen LogP contribution is 2.16. The summed E-state index contributed by atoms with van der Waals surface area (Å²) in [6.45, 7) is 2.50. The Hall–Kier alpha value is -0.980. The monoisotopic (exact) mass is 318 g/mol. The van der Waals surface area contributed by atoms with Gasteiger partial charge in [-0.25, -0.2) is 4.39 Å². The molecule has 0 aliphatic carbocycles. The van der Waals surface area contributed by atoms with Gasteiger partial charge in [-0.2, -0.15) is 0 Å². The van der Waals surface area contributed by atoms with E-state index in [9.17, 15) is 9.18 Å². The van der Waals surface area contributed by atoms with Gasteiger partial charge in [0, 0.05) is 32.3 Å². The number of methoxy groups -OCH3 is 1. The molecule has 1 aromatic carbocycles. The van der Waals surface area contributed by atoms with Crippen LogP contribution >= 0.6 is 15.9 Å². The lowest BCUT2D eigenvalue weighted by molar-refractivity contribution is 0.0953. The first kappa shape index (κ1) is 15.1. The molecule has 0 bridgehead atoms. The van der Waals surface area contributed by atoms with Crippen LogP contribution in [0.3, 0.4) is 0 Å². The lowest BCUT2D eigenvalue weighted by Crippen LogP contribution is -2.33. The van der Waals surface area contributed by atoms with Gasteiger partial charge in [-0.1, -0.05) is 0 Å². The lowest BCUT2D eigenvalue weighted by atomic mass is 10.2. The molecule has 0 unspecified atom stereocenters. The van der Waals surface area contributed by atoms with Gasteiger partial charge in [-0.05, 0) is 34.1 Å². The number of carbonyl (C=O) groups excluding carboxylic acids is 1. The van der Waals surface area contributed by atoms with Crippen LogP contribution in [0.15, 0.2) is 22.7 Å². The van der Waals surface area contributed by atoms with E-state index in [2.05, 4.69) is 26.6 Å². The zero-order valence-corrected chi connectivity index (χ0v) is 11.7. The van der Waals surface area contributed by atoms with Crippen LogP contribution in [0.25, 0.3) is 0 Å². The first-order valence-corrected chi connectivity index (χ1v) is 6.37. The summed E-state index contributed by atoms with van der Waals surface area (Å²) in [4.78, 5) is 11.7. The SMILES string of the molecule is COCCNCCNC(=O)c1ccc(Br)c(F)c1. The quantitative estimate of drug-likeness (QED) is 0.750. The molecule has 2 N–H and O–H groups in total. The second kappa shape index (κ2) is 8.18. The van der Waals surface area contributed by atoms with Crippen molar-refractivity contribution >= 4 is 21.8 Å². The van der Waals surface area contributed by atoms with Crippen molar-refractivity contribution in [2.24, 2.45) is 0 Å². The standard InChI is InChI=1S/C12H16BrFN2O2/c1-18-7-6-15-4-5-16-12(17)9-2-3-10(13)11(14)8-9/h2-3,8,15H,4-7H2,1H3,(H,16,17). The fourth-order valence-corrected chi connectivity index (χ4v) is 1.55. The summed E-state index contributed by atoms with van der Waals surface area (Å²) in [5.41, 5.74) is 0.313. The summed E-state index contributed by atoms with van der Waals surface area (Å²) in [6.07, 6.45) is 0. The second-order valence-corrected chi connectivity index (χ2v) is 4.48. The molecule has 1 rings (SSSR count). The topological polar surface area (TPSA) is 50.4 Å². The maximum atomic E-state index is 13.2. The Morgan fingerprint density at radius 1 is 1.39 bits per heavy atom. The van der Waals surface area contributed by atoms with Crippen LogP contribution in [0, 0.1) is 5.82 Å². The third-order valence-electron chi connectivity index (χ3n) is 2.25. The molecule has 100 valence electrons. The number of ether oxygens (including phenoxy) is 1. The average molecular weight is 319 g/mol. The van der Waals surface area contributed by atoms with Gasteiger partial charge in [-0.3, -0.25) is 4.79 Å². The first-order chi connectivity index (χ1) is 8.65. The predicted molar refractivity (Wildman–Crippen MR) is 71.2 cm³/mol. The Morgan fingerprint density at radius 2 is 2.17 bits per heavy atom. The van der Waals surface area contributed by atoms with Gasteiger partial charge in [0.25, 0.3) is 5.91 Å². The van der Waals surface area contributed by atoms with Gasteiger partial charge < -0.3 is 15.4 Å². The van der Waals surface area contributed by atoms with E-state index in [1.165, 1.54) is 12.1 Å². The Bertz CT molecular complexity index is 402. The molecule has 1 amide bonds. The molecule has 0 aliphatic rings. The van der Waals surface area contributed by atoms with Crippen molar-refractivity contribution in [3.8, 4) is 0 Å². The van der Waals surface area contributed by atoms with Crippen LogP contribution in [0.2, 0.25) is 0 Å². The molecule has 0 fully saturated rings. The van der Waals surface area contributed by atoms with E-state index in [4.69, 9.17) is 4.74 Å². The van der Waals surface area contributed by atoms with Gasteiger partial charge in [0.05, 0.1) is 11.1 Å². The average Bonchev–Trinajstić information content (AvgIpc) is 2.36.